The summed E-state index contributed by atoms with van der Waals surface area (Å²) in [6.07, 6.45) is 0. The van der Waals surface area contributed by atoms with Crippen LogP contribution in [0.4, 0.5) is 5.13 Å². The van der Waals surface area contributed by atoms with E-state index in [1.54, 1.807) is 0 Å². The highest BCUT2D eigenvalue weighted by atomic mass is 32.1. The van der Waals surface area contributed by atoms with Gasteiger partial charge in [0.1, 0.15) is 5.52 Å². The minimum atomic E-state index is 1.28. The van der Waals surface area contributed by atoms with Crippen LogP contribution in [0.1, 0.15) is 5.56 Å². The van der Waals surface area contributed by atoms with Gasteiger partial charge in [-0.2, -0.15) is 0 Å². The molecule has 2 rings (SSSR count). The van der Waals surface area contributed by atoms with Gasteiger partial charge in [-0.25, -0.2) is 4.57 Å². The summed E-state index contributed by atoms with van der Waals surface area (Å²) in [5, 5.41) is 1.28. The molecule has 0 amide bonds. The summed E-state index contributed by atoms with van der Waals surface area (Å²) in [5.41, 5.74) is 2.63. The maximum atomic E-state index is 2.24. The predicted molar refractivity (Wildman–Crippen MR) is 62.1 cm³/mol. The van der Waals surface area contributed by atoms with Gasteiger partial charge in [0.15, 0.2) is 0 Å². The van der Waals surface area contributed by atoms with Gasteiger partial charge in [0.25, 0.3) is 0 Å². The van der Waals surface area contributed by atoms with Crippen molar-refractivity contribution in [3.63, 3.8) is 0 Å². The van der Waals surface area contributed by atoms with E-state index in [2.05, 4.69) is 55.7 Å². The Morgan fingerprint density at radius 1 is 1.29 bits per heavy atom. The van der Waals surface area contributed by atoms with Crippen LogP contribution in [-0.4, -0.2) is 14.1 Å². The molecule has 0 saturated heterocycles. The number of hydrogen-bond donors (Lipinski definition) is 0. The van der Waals surface area contributed by atoms with Crippen molar-refractivity contribution in [2.45, 2.75) is 6.92 Å². The Bertz CT molecular complexity index is 471. The van der Waals surface area contributed by atoms with E-state index in [0.717, 1.165) is 0 Å². The highest BCUT2D eigenvalue weighted by Gasteiger charge is 2.16. The molecule has 3 heteroatoms. The molecular formula is C11H15N2S+. The lowest BCUT2D eigenvalue weighted by molar-refractivity contribution is -0.628. The Labute approximate surface area is 88.4 Å². The number of benzene rings is 1. The number of rotatable bonds is 1. The molecular weight excluding hydrogens is 192 g/mol. The third-order valence-electron chi connectivity index (χ3n) is 2.35. The molecule has 0 N–H and O–H groups in total. The van der Waals surface area contributed by atoms with Crippen molar-refractivity contribution in [2.75, 3.05) is 19.0 Å². The molecule has 1 heterocycles. The van der Waals surface area contributed by atoms with Gasteiger partial charge in [0, 0.05) is 0 Å². The number of anilines is 1. The summed E-state index contributed by atoms with van der Waals surface area (Å²) in [4.78, 5) is 2.15. The number of aromatic nitrogens is 1. The molecule has 1 aromatic heterocycles. The second-order valence-corrected chi connectivity index (χ2v) is 4.82. The van der Waals surface area contributed by atoms with Crippen LogP contribution in [0.3, 0.4) is 0 Å². The van der Waals surface area contributed by atoms with Crippen LogP contribution in [0.25, 0.3) is 10.2 Å². The van der Waals surface area contributed by atoms with Crippen molar-refractivity contribution in [3.05, 3.63) is 23.8 Å². The average Bonchev–Trinajstić information content (AvgIpc) is 2.43. The van der Waals surface area contributed by atoms with E-state index in [1.807, 2.05) is 11.3 Å². The van der Waals surface area contributed by atoms with Crippen LogP contribution in [0, 0.1) is 6.92 Å². The molecule has 2 nitrogen and oxygen atoms in total. The van der Waals surface area contributed by atoms with Crippen LogP contribution in [0.5, 0.6) is 0 Å². The van der Waals surface area contributed by atoms with E-state index in [4.69, 9.17) is 0 Å². The van der Waals surface area contributed by atoms with Gasteiger partial charge >= 0.3 is 5.13 Å². The lowest BCUT2D eigenvalue weighted by Crippen LogP contribution is -2.33. The zero-order valence-corrected chi connectivity index (χ0v) is 9.85. The van der Waals surface area contributed by atoms with Gasteiger partial charge in [0.05, 0.1) is 25.8 Å². The topological polar surface area (TPSA) is 7.12 Å². The van der Waals surface area contributed by atoms with E-state index in [-0.39, 0.29) is 0 Å². The number of aryl methyl sites for hydroxylation is 2. The predicted octanol–water partition coefficient (Wildman–Crippen LogP) is 2.10. The molecule has 1 aromatic carbocycles. The summed E-state index contributed by atoms with van der Waals surface area (Å²) in [6, 6.07) is 6.59. The normalized spacial score (nSPS) is 10.9. The maximum Gasteiger partial charge on any atom is 0.336 e. The van der Waals surface area contributed by atoms with E-state index in [1.165, 1.54) is 20.9 Å². The number of nitrogens with zero attached hydrogens (tertiary/aromatic N) is 2. The lowest BCUT2D eigenvalue weighted by atomic mass is 10.2. The molecule has 0 saturated carbocycles. The Morgan fingerprint density at radius 2 is 2.00 bits per heavy atom. The zero-order valence-electron chi connectivity index (χ0n) is 9.03. The Balaban J connectivity index is 2.73. The molecule has 0 fully saturated rings. The minimum absolute atomic E-state index is 1.28. The second kappa shape index (κ2) is 3.24. The first-order valence-electron chi connectivity index (χ1n) is 4.66. The highest BCUT2D eigenvalue weighted by molar-refractivity contribution is 7.21. The van der Waals surface area contributed by atoms with Gasteiger partial charge in [-0.1, -0.05) is 6.07 Å². The number of hydrogen-bond acceptors (Lipinski definition) is 2. The Kier molecular flexibility index (Phi) is 2.19. The zero-order chi connectivity index (χ0) is 10.3. The Hall–Kier alpha value is -1.09. The average molecular weight is 207 g/mol. The number of thiazole rings is 1. The maximum absolute atomic E-state index is 2.24. The van der Waals surface area contributed by atoms with Gasteiger partial charge < -0.3 is 0 Å². The molecule has 0 radical (unpaired) electrons. The first-order valence-corrected chi connectivity index (χ1v) is 5.48. The van der Waals surface area contributed by atoms with Crippen LogP contribution in [0.15, 0.2) is 18.2 Å². The highest BCUT2D eigenvalue weighted by Crippen LogP contribution is 2.25. The van der Waals surface area contributed by atoms with E-state index in [0.29, 0.717) is 0 Å². The second-order valence-electron chi connectivity index (χ2n) is 3.81. The molecule has 0 unspecified atom stereocenters. The summed E-state index contributed by atoms with van der Waals surface area (Å²) in [6.45, 7) is 2.13. The summed E-state index contributed by atoms with van der Waals surface area (Å²) in [5.74, 6) is 0. The van der Waals surface area contributed by atoms with E-state index < -0.39 is 0 Å². The molecule has 0 spiro atoms. The van der Waals surface area contributed by atoms with Crippen molar-refractivity contribution in [1.82, 2.24) is 0 Å². The van der Waals surface area contributed by atoms with Crippen molar-refractivity contribution < 1.29 is 4.57 Å². The van der Waals surface area contributed by atoms with Crippen molar-refractivity contribution in [1.29, 1.82) is 0 Å². The summed E-state index contributed by atoms with van der Waals surface area (Å²) in [7, 11) is 6.28. The summed E-state index contributed by atoms with van der Waals surface area (Å²) >= 11 is 1.84. The quantitative estimate of drug-likeness (QED) is 0.650. The molecule has 0 atom stereocenters. The summed E-state index contributed by atoms with van der Waals surface area (Å²) < 4.78 is 3.59. The van der Waals surface area contributed by atoms with Crippen LogP contribution >= 0.6 is 11.3 Å². The Morgan fingerprint density at radius 3 is 2.64 bits per heavy atom. The van der Waals surface area contributed by atoms with Crippen LogP contribution in [-0.2, 0) is 7.05 Å². The first-order chi connectivity index (χ1) is 6.59. The van der Waals surface area contributed by atoms with Gasteiger partial charge in [-0.15, -0.1) is 0 Å². The van der Waals surface area contributed by atoms with Crippen LogP contribution in [0.2, 0.25) is 0 Å². The molecule has 2 aromatic rings. The molecule has 0 aliphatic carbocycles. The molecule has 14 heavy (non-hydrogen) atoms. The SMILES string of the molecule is Cc1ccc2c(c1)sc(N(C)C)[n+]2C. The monoisotopic (exact) mass is 207 g/mol. The van der Waals surface area contributed by atoms with Crippen molar-refractivity contribution in [3.8, 4) is 0 Å². The fourth-order valence-electron chi connectivity index (χ4n) is 1.64. The molecule has 74 valence electrons. The molecule has 0 aliphatic rings. The largest absolute Gasteiger partial charge is 0.336 e. The van der Waals surface area contributed by atoms with Gasteiger partial charge in [-0.3, -0.25) is 4.90 Å². The fraction of sp³-hybridized carbons (Fsp3) is 0.364. The minimum Gasteiger partial charge on any atom is -0.258 e. The fourth-order valence-corrected chi connectivity index (χ4v) is 2.81. The molecule has 0 bridgehead atoms. The van der Waals surface area contributed by atoms with Gasteiger partial charge in [-0.05, 0) is 36.0 Å². The smallest absolute Gasteiger partial charge is 0.258 e. The third-order valence-corrected chi connectivity index (χ3v) is 3.72. The number of fused-ring (bicyclic) bond motifs is 1. The lowest BCUT2D eigenvalue weighted by Gasteiger charge is -2.00. The van der Waals surface area contributed by atoms with Crippen molar-refractivity contribution in [2.24, 2.45) is 7.05 Å². The van der Waals surface area contributed by atoms with E-state index in [9.17, 15) is 0 Å². The van der Waals surface area contributed by atoms with E-state index >= 15 is 0 Å². The third kappa shape index (κ3) is 1.38. The van der Waals surface area contributed by atoms with Crippen molar-refractivity contribution >= 4 is 26.7 Å². The molecule has 0 aliphatic heterocycles. The first kappa shape index (κ1) is 9.46. The van der Waals surface area contributed by atoms with Crippen LogP contribution < -0.4 is 9.47 Å². The van der Waals surface area contributed by atoms with Gasteiger partial charge in [0.2, 0.25) is 0 Å². The standard InChI is InChI=1S/C11H15N2S/c1-8-5-6-9-10(7-8)14-11(12(2)3)13(9)4/h5-7H,1-4H3/q+1.